The van der Waals surface area contributed by atoms with Crippen LogP contribution in [0.2, 0.25) is 0 Å². The van der Waals surface area contributed by atoms with Crippen LogP contribution >= 0.6 is 22.6 Å². The van der Waals surface area contributed by atoms with Crippen molar-refractivity contribution in [1.29, 1.82) is 10.5 Å². The Hall–Kier alpha value is -7.38. The summed E-state index contributed by atoms with van der Waals surface area (Å²) >= 11 is 2.25. The molecule has 5 heterocycles. The van der Waals surface area contributed by atoms with Crippen LogP contribution in [-0.4, -0.2) is 51.7 Å². The van der Waals surface area contributed by atoms with Gasteiger partial charge in [-0.1, -0.05) is 0 Å². The zero-order chi connectivity index (χ0) is 46.2. The van der Waals surface area contributed by atoms with Gasteiger partial charge in [-0.05, 0) is 162 Å². The van der Waals surface area contributed by atoms with Gasteiger partial charge < -0.3 is 27.0 Å². The number of fused-ring (bicyclic) bond motifs is 3. The van der Waals surface area contributed by atoms with E-state index in [0.717, 1.165) is 75.4 Å². The van der Waals surface area contributed by atoms with E-state index in [2.05, 4.69) is 65.1 Å². The lowest BCUT2D eigenvalue weighted by Gasteiger charge is -2.11. The highest BCUT2D eigenvalue weighted by Crippen LogP contribution is 2.24. The van der Waals surface area contributed by atoms with Gasteiger partial charge in [-0.3, -0.25) is 29.2 Å². The Kier molecular flexibility index (Phi) is 14.6. The summed E-state index contributed by atoms with van der Waals surface area (Å²) < 4.78 is 2.58. The molecule has 0 saturated heterocycles. The maximum atomic E-state index is 12.9. The molecule has 0 spiro atoms. The smallest absolute Gasteiger partial charge is 0.256 e. The molecule has 0 aliphatic carbocycles. The van der Waals surface area contributed by atoms with E-state index in [1.165, 1.54) is 10.9 Å². The van der Waals surface area contributed by atoms with Crippen LogP contribution in [0.1, 0.15) is 82.2 Å². The molecular weight excluding hydrogens is 922 g/mol. The highest BCUT2D eigenvalue weighted by atomic mass is 127. The van der Waals surface area contributed by atoms with E-state index < -0.39 is 11.8 Å². The SMILES string of the molecule is Cc1cnc2c(C#N)cc(CO)cc2c1.Cc1cnc2c(C(N)=O)cc(Cn3cc(C(=O)NCc4c(C)cc(N)nc4C)c(C#N)n3)cc2c1.Cc1cnc2c(I)cc(CO)cc2c1. The summed E-state index contributed by atoms with van der Waals surface area (Å²) in [5.74, 6) is -0.601. The Balaban J connectivity index is 0.000000191. The van der Waals surface area contributed by atoms with Gasteiger partial charge in [-0.15, -0.1) is 0 Å². The first-order chi connectivity index (χ1) is 30.6. The van der Waals surface area contributed by atoms with Crippen molar-refractivity contribution in [2.45, 2.75) is 60.9 Å². The molecule has 322 valence electrons. The summed E-state index contributed by atoms with van der Waals surface area (Å²) in [5.41, 5.74) is 22.6. The van der Waals surface area contributed by atoms with Crippen LogP contribution in [0, 0.1) is 60.9 Å². The standard InChI is InChI=1S/C25H24N8O2.C12H10N2O.C11H10INO/c1-13-4-17-6-16(7-18(24(28)34)23(17)29-9-13)11-33-12-20(21(8-26)32-33)25(35)30-10-19-14(2)5-22(27)31-15(19)3;1-8-2-10-3-9(7-15)4-11(5-13)12(10)14-6-8;1-7-2-9-3-8(6-14)4-10(12)11(9)13-5-7/h4-7,9,12H,10-11H2,1-3H3,(H2,27,31)(H2,28,34)(H,30,35);2-4,6,15H,7H2,1H3;2-5,14H,6H2,1H3. The Morgan fingerprint density at radius 1 is 0.734 bits per heavy atom. The van der Waals surface area contributed by atoms with Crippen molar-refractivity contribution in [1.82, 2.24) is 35.0 Å². The largest absolute Gasteiger partial charge is 0.392 e. The van der Waals surface area contributed by atoms with E-state index in [9.17, 15) is 14.9 Å². The van der Waals surface area contributed by atoms with E-state index in [-0.39, 0.29) is 37.6 Å². The number of nitrogen functional groups attached to an aromatic ring is 1. The van der Waals surface area contributed by atoms with E-state index in [1.54, 1.807) is 30.6 Å². The van der Waals surface area contributed by atoms with Gasteiger partial charge in [-0.25, -0.2) is 4.98 Å². The Morgan fingerprint density at radius 2 is 1.30 bits per heavy atom. The summed E-state index contributed by atoms with van der Waals surface area (Å²) in [6.07, 6.45) is 6.79. The first-order valence-corrected chi connectivity index (χ1v) is 20.9. The number of hydrogen-bond donors (Lipinski definition) is 5. The minimum Gasteiger partial charge on any atom is -0.392 e. The molecule has 7 N–H and O–H groups in total. The number of nitrogens with two attached hydrogens (primary N) is 2. The number of carbonyl (C=O) groups is 2. The minimum atomic E-state index is -0.589. The lowest BCUT2D eigenvalue weighted by atomic mass is 10.0. The van der Waals surface area contributed by atoms with Gasteiger partial charge in [0.25, 0.3) is 11.8 Å². The molecule has 0 aliphatic heterocycles. The lowest BCUT2D eigenvalue weighted by Crippen LogP contribution is -2.24. The number of pyridine rings is 4. The van der Waals surface area contributed by atoms with E-state index in [0.29, 0.717) is 28.0 Å². The predicted octanol–water partition coefficient (Wildman–Crippen LogP) is 6.83. The number of aliphatic hydroxyl groups excluding tert-OH is 2. The number of carbonyl (C=O) groups excluding carboxylic acids is 2. The molecule has 0 atom stereocenters. The van der Waals surface area contributed by atoms with Gasteiger partial charge in [0.1, 0.15) is 18.0 Å². The quantitative estimate of drug-likeness (QED) is 0.0983. The number of aromatic nitrogens is 6. The molecule has 2 amide bonds. The summed E-state index contributed by atoms with van der Waals surface area (Å²) in [7, 11) is 0. The van der Waals surface area contributed by atoms with Crippen molar-refractivity contribution in [2.24, 2.45) is 5.73 Å². The van der Waals surface area contributed by atoms with Gasteiger partial charge in [0, 0.05) is 56.8 Å². The van der Waals surface area contributed by atoms with E-state index >= 15 is 0 Å². The number of rotatable bonds is 8. The number of nitriles is 2. The fourth-order valence-corrected chi connectivity index (χ4v) is 7.97. The molecule has 5 aromatic heterocycles. The maximum absolute atomic E-state index is 12.9. The number of aliphatic hydroxyl groups is 2. The summed E-state index contributed by atoms with van der Waals surface area (Å²) in [6.45, 7) is 10.1. The van der Waals surface area contributed by atoms with Gasteiger partial charge >= 0.3 is 0 Å². The van der Waals surface area contributed by atoms with Gasteiger partial charge in [0.15, 0.2) is 5.69 Å². The van der Waals surface area contributed by atoms with Crippen molar-refractivity contribution in [3.63, 3.8) is 0 Å². The molecule has 16 heteroatoms. The second kappa shape index (κ2) is 20.2. The highest BCUT2D eigenvalue weighted by molar-refractivity contribution is 14.1. The topological polar surface area (TPSA) is 256 Å². The molecule has 0 aliphatic rings. The number of benzene rings is 3. The van der Waals surface area contributed by atoms with E-state index in [4.69, 9.17) is 26.9 Å². The van der Waals surface area contributed by atoms with Crippen LogP contribution in [0.4, 0.5) is 5.82 Å². The molecule has 0 fully saturated rings. The molecule has 8 rings (SSSR count). The Bertz CT molecular complexity index is 3170. The molecule has 15 nitrogen and oxygen atoms in total. The average molecular weight is 966 g/mol. The summed E-state index contributed by atoms with van der Waals surface area (Å²) in [5, 5.41) is 46.5. The third-order valence-corrected chi connectivity index (χ3v) is 10.9. The van der Waals surface area contributed by atoms with Crippen molar-refractivity contribution in [3.05, 3.63) is 162 Å². The number of halogens is 1. The van der Waals surface area contributed by atoms with Crippen molar-refractivity contribution < 1.29 is 19.8 Å². The average Bonchev–Trinajstić information content (AvgIpc) is 3.67. The van der Waals surface area contributed by atoms with Crippen LogP contribution in [-0.2, 0) is 26.3 Å². The Labute approximate surface area is 382 Å². The molecular formula is C48H44IN11O4. The lowest BCUT2D eigenvalue weighted by molar-refractivity contribution is 0.0949. The van der Waals surface area contributed by atoms with Crippen LogP contribution in [0.25, 0.3) is 32.7 Å². The van der Waals surface area contributed by atoms with Gasteiger partial charge in [-0.2, -0.15) is 15.6 Å². The highest BCUT2D eigenvalue weighted by Gasteiger charge is 2.19. The fraction of sp³-hybridized carbons (Fsp3) is 0.188. The predicted molar refractivity (Wildman–Crippen MR) is 253 cm³/mol. The van der Waals surface area contributed by atoms with Crippen LogP contribution in [0.15, 0.2) is 85.5 Å². The second-order valence-electron chi connectivity index (χ2n) is 15.2. The Morgan fingerprint density at radius 3 is 1.88 bits per heavy atom. The number of anilines is 1. The number of hydrogen-bond acceptors (Lipinski definition) is 12. The first-order valence-electron chi connectivity index (χ1n) is 19.8. The van der Waals surface area contributed by atoms with Crippen molar-refractivity contribution in [2.75, 3.05) is 5.73 Å². The number of nitrogens with zero attached hydrogens (tertiary/aromatic N) is 8. The van der Waals surface area contributed by atoms with Gasteiger partial charge in [0.05, 0.1) is 53.0 Å². The van der Waals surface area contributed by atoms with Crippen molar-refractivity contribution >= 4 is 72.9 Å². The van der Waals surface area contributed by atoms with Gasteiger partial charge in [0.2, 0.25) is 0 Å². The first kappa shape index (κ1) is 46.1. The third kappa shape index (κ3) is 10.8. The van der Waals surface area contributed by atoms with Crippen LogP contribution in [0.3, 0.4) is 0 Å². The normalized spacial score (nSPS) is 10.7. The number of primary amides is 1. The molecule has 0 radical (unpaired) electrons. The van der Waals surface area contributed by atoms with Crippen molar-refractivity contribution in [3.8, 4) is 12.1 Å². The summed E-state index contributed by atoms with van der Waals surface area (Å²) in [6, 6.07) is 22.8. The molecule has 0 unspecified atom stereocenters. The number of amides is 2. The third-order valence-electron chi connectivity index (χ3n) is 10.1. The molecule has 0 bridgehead atoms. The summed E-state index contributed by atoms with van der Waals surface area (Å²) in [4.78, 5) is 42.0. The molecule has 3 aromatic carbocycles. The molecule has 8 aromatic rings. The van der Waals surface area contributed by atoms with Crippen LogP contribution < -0.4 is 16.8 Å². The monoisotopic (exact) mass is 965 g/mol. The number of nitrogens with one attached hydrogen (secondary N) is 1. The van der Waals surface area contributed by atoms with Crippen LogP contribution in [0.5, 0.6) is 0 Å². The zero-order valence-corrected chi connectivity index (χ0v) is 37.9. The molecule has 0 saturated carbocycles. The minimum absolute atomic E-state index is 0.000185. The zero-order valence-electron chi connectivity index (χ0n) is 35.7. The van der Waals surface area contributed by atoms with E-state index in [1.807, 2.05) is 83.3 Å². The fourth-order valence-electron chi connectivity index (χ4n) is 7.12. The second-order valence-corrected chi connectivity index (χ2v) is 16.4. The molecule has 64 heavy (non-hydrogen) atoms. The maximum Gasteiger partial charge on any atom is 0.256 e. The number of aryl methyl sites for hydroxylation is 5.